The third-order valence-electron chi connectivity index (χ3n) is 6.51. The van der Waals surface area contributed by atoms with Gasteiger partial charge in [-0.15, -0.1) is 0 Å². The Morgan fingerprint density at radius 3 is 2.39 bits per heavy atom. The monoisotopic (exact) mass is 519 g/mol. The molecule has 0 radical (unpaired) electrons. The van der Waals surface area contributed by atoms with E-state index in [4.69, 9.17) is 14.2 Å². The molecule has 2 aromatic carbocycles. The summed E-state index contributed by atoms with van der Waals surface area (Å²) < 4.78 is 19.7. The van der Waals surface area contributed by atoms with E-state index in [1.54, 1.807) is 32.2 Å². The lowest BCUT2D eigenvalue weighted by molar-refractivity contribution is -0.140. The molecule has 1 unspecified atom stereocenters. The van der Waals surface area contributed by atoms with Gasteiger partial charge in [0.05, 0.1) is 30.8 Å². The fourth-order valence-electron chi connectivity index (χ4n) is 4.53. The molecule has 9 heteroatoms. The quantitative estimate of drug-likeness (QED) is 0.453. The number of benzene rings is 2. The summed E-state index contributed by atoms with van der Waals surface area (Å²) in [5.74, 6) is 0.119. The summed E-state index contributed by atoms with van der Waals surface area (Å²) >= 11 is 0. The number of carbonyl (C=O) groups is 1. The van der Waals surface area contributed by atoms with Crippen molar-refractivity contribution >= 4 is 11.8 Å². The summed E-state index contributed by atoms with van der Waals surface area (Å²) in [6, 6.07) is 15.1. The maximum absolute atomic E-state index is 13.5. The standard InChI is InChI=1S/C29H33N3O6/c1-17(2)15-38-28(34)23-18(3)30-26-25(27(33)32(5)29(35)31(26)4)24(23)20-12-13-21(22(14-20)36-6)37-16-19-10-8-7-9-11-19/h7-14,17,24,30H,15-16H2,1-6H3. The Kier molecular flexibility index (Phi) is 7.75. The van der Waals surface area contributed by atoms with Crippen LogP contribution in [0.4, 0.5) is 5.82 Å². The van der Waals surface area contributed by atoms with Crippen LogP contribution in [0, 0.1) is 5.92 Å². The molecule has 0 aliphatic carbocycles. The number of ether oxygens (including phenoxy) is 3. The Morgan fingerprint density at radius 1 is 1.03 bits per heavy atom. The molecule has 1 aliphatic rings. The third-order valence-corrected chi connectivity index (χ3v) is 6.51. The number of nitrogens with zero attached hydrogens (tertiary/aromatic N) is 2. The number of allylic oxidation sites excluding steroid dienone is 1. The topological polar surface area (TPSA) is 101 Å². The number of esters is 1. The van der Waals surface area contributed by atoms with Crippen LogP contribution in [0.3, 0.4) is 0 Å². The maximum Gasteiger partial charge on any atom is 0.336 e. The Labute approximate surface area is 221 Å². The highest BCUT2D eigenvalue weighted by atomic mass is 16.5. The van der Waals surface area contributed by atoms with E-state index in [-0.39, 0.29) is 18.1 Å². The first-order chi connectivity index (χ1) is 18.1. The summed E-state index contributed by atoms with van der Waals surface area (Å²) in [5, 5.41) is 3.11. The van der Waals surface area contributed by atoms with Gasteiger partial charge in [0.2, 0.25) is 0 Å². The minimum atomic E-state index is -0.798. The number of hydrogen-bond acceptors (Lipinski definition) is 7. The Bertz CT molecular complexity index is 1500. The molecule has 2 heterocycles. The zero-order chi connectivity index (χ0) is 27.6. The van der Waals surface area contributed by atoms with Gasteiger partial charge in [-0.25, -0.2) is 9.59 Å². The van der Waals surface area contributed by atoms with Gasteiger partial charge in [0.15, 0.2) is 11.5 Å². The number of carbonyl (C=O) groups excluding carboxylic acids is 1. The van der Waals surface area contributed by atoms with Crippen molar-refractivity contribution in [3.05, 3.63) is 97.3 Å². The van der Waals surface area contributed by atoms with E-state index in [1.807, 2.05) is 44.2 Å². The van der Waals surface area contributed by atoms with Crippen LogP contribution in [-0.4, -0.2) is 28.8 Å². The molecule has 38 heavy (non-hydrogen) atoms. The molecule has 0 fully saturated rings. The lowest BCUT2D eigenvalue weighted by Gasteiger charge is -2.31. The van der Waals surface area contributed by atoms with Crippen molar-refractivity contribution in [2.24, 2.45) is 20.0 Å². The van der Waals surface area contributed by atoms with Crippen LogP contribution < -0.4 is 26.0 Å². The van der Waals surface area contributed by atoms with Crippen LogP contribution in [0.2, 0.25) is 0 Å². The first-order valence-electron chi connectivity index (χ1n) is 12.4. The molecular formula is C29H33N3O6. The molecule has 9 nitrogen and oxygen atoms in total. The molecule has 1 N–H and O–H groups in total. The molecule has 0 spiro atoms. The normalized spacial score (nSPS) is 14.7. The molecule has 0 amide bonds. The average molecular weight is 520 g/mol. The van der Waals surface area contributed by atoms with Crippen molar-refractivity contribution in [3.8, 4) is 11.5 Å². The Morgan fingerprint density at radius 2 is 1.74 bits per heavy atom. The maximum atomic E-state index is 13.5. The minimum Gasteiger partial charge on any atom is -0.493 e. The van der Waals surface area contributed by atoms with Crippen molar-refractivity contribution in [3.63, 3.8) is 0 Å². The van der Waals surface area contributed by atoms with Gasteiger partial charge in [-0.1, -0.05) is 50.2 Å². The summed E-state index contributed by atoms with van der Waals surface area (Å²) in [6.45, 7) is 6.21. The van der Waals surface area contributed by atoms with E-state index in [0.29, 0.717) is 40.8 Å². The van der Waals surface area contributed by atoms with Gasteiger partial charge in [0, 0.05) is 19.8 Å². The van der Waals surface area contributed by atoms with Crippen LogP contribution in [-0.2, 0) is 30.2 Å². The lowest BCUT2D eigenvalue weighted by atomic mass is 9.82. The number of methoxy groups -OCH3 is 1. The number of hydrogen-bond donors (Lipinski definition) is 1. The van der Waals surface area contributed by atoms with Crippen molar-refractivity contribution in [2.75, 3.05) is 19.0 Å². The van der Waals surface area contributed by atoms with Crippen molar-refractivity contribution < 1.29 is 19.0 Å². The second-order valence-electron chi connectivity index (χ2n) is 9.74. The van der Waals surface area contributed by atoms with E-state index < -0.39 is 23.1 Å². The van der Waals surface area contributed by atoms with E-state index in [2.05, 4.69) is 5.32 Å². The summed E-state index contributed by atoms with van der Waals surface area (Å²) in [4.78, 5) is 39.5. The van der Waals surface area contributed by atoms with Gasteiger partial charge in [-0.05, 0) is 36.1 Å². The van der Waals surface area contributed by atoms with Gasteiger partial charge in [0.1, 0.15) is 12.4 Å². The van der Waals surface area contributed by atoms with E-state index >= 15 is 0 Å². The molecule has 1 atom stereocenters. The first-order valence-corrected chi connectivity index (χ1v) is 12.4. The molecule has 0 saturated carbocycles. The van der Waals surface area contributed by atoms with E-state index in [9.17, 15) is 14.4 Å². The Hall–Kier alpha value is -4.27. The number of fused-ring (bicyclic) bond motifs is 1. The predicted molar refractivity (Wildman–Crippen MR) is 145 cm³/mol. The van der Waals surface area contributed by atoms with Crippen LogP contribution in [0.25, 0.3) is 0 Å². The highest BCUT2D eigenvalue weighted by molar-refractivity contribution is 5.94. The molecule has 0 saturated heterocycles. The number of nitrogens with one attached hydrogen (secondary N) is 1. The molecule has 1 aliphatic heterocycles. The molecule has 1 aromatic heterocycles. The summed E-state index contributed by atoms with van der Waals surface area (Å²) in [5.41, 5.74) is 1.74. The second-order valence-corrected chi connectivity index (χ2v) is 9.74. The molecule has 4 rings (SSSR count). The largest absolute Gasteiger partial charge is 0.493 e. The van der Waals surface area contributed by atoms with Crippen LogP contribution >= 0.6 is 0 Å². The van der Waals surface area contributed by atoms with Crippen molar-refractivity contribution in [1.29, 1.82) is 0 Å². The van der Waals surface area contributed by atoms with Gasteiger partial charge < -0.3 is 19.5 Å². The van der Waals surface area contributed by atoms with Crippen molar-refractivity contribution in [2.45, 2.75) is 33.3 Å². The molecular weight excluding hydrogens is 486 g/mol. The average Bonchev–Trinajstić information content (AvgIpc) is 2.92. The van der Waals surface area contributed by atoms with E-state index in [0.717, 1.165) is 10.1 Å². The number of anilines is 1. The highest BCUT2D eigenvalue weighted by Crippen LogP contribution is 2.42. The van der Waals surface area contributed by atoms with Crippen LogP contribution in [0.15, 0.2) is 69.4 Å². The zero-order valence-electron chi connectivity index (χ0n) is 22.5. The van der Waals surface area contributed by atoms with Crippen molar-refractivity contribution in [1.82, 2.24) is 9.13 Å². The molecule has 0 bridgehead atoms. The molecule has 3 aromatic rings. The van der Waals surface area contributed by atoms with Gasteiger partial charge in [0.25, 0.3) is 5.56 Å². The fourth-order valence-corrected chi connectivity index (χ4v) is 4.53. The third kappa shape index (κ3) is 5.09. The van der Waals surface area contributed by atoms with Crippen LogP contribution in [0.5, 0.6) is 11.5 Å². The lowest BCUT2D eigenvalue weighted by Crippen LogP contribution is -2.43. The first kappa shape index (κ1) is 26.8. The van der Waals surface area contributed by atoms with E-state index in [1.165, 1.54) is 18.7 Å². The highest BCUT2D eigenvalue weighted by Gasteiger charge is 2.38. The summed E-state index contributed by atoms with van der Waals surface area (Å²) in [7, 11) is 4.54. The Balaban J connectivity index is 1.84. The SMILES string of the molecule is COc1cc(C2C(C(=O)OCC(C)C)=C(C)Nc3c2c(=O)n(C)c(=O)n3C)ccc1OCc1ccccc1. The number of aromatic nitrogens is 2. The predicted octanol–water partition coefficient (Wildman–Crippen LogP) is 3.70. The van der Waals surface area contributed by atoms with Gasteiger partial charge in [-0.3, -0.25) is 13.9 Å². The molecule has 200 valence electrons. The zero-order valence-corrected chi connectivity index (χ0v) is 22.5. The van der Waals surface area contributed by atoms with Gasteiger partial charge in [-0.2, -0.15) is 0 Å². The fraction of sp³-hybridized carbons (Fsp3) is 0.345. The minimum absolute atomic E-state index is 0.136. The van der Waals surface area contributed by atoms with Crippen LogP contribution in [0.1, 0.15) is 43.4 Å². The number of rotatable bonds is 8. The second kappa shape index (κ2) is 11.0. The van der Waals surface area contributed by atoms with Gasteiger partial charge >= 0.3 is 11.7 Å². The summed E-state index contributed by atoms with van der Waals surface area (Å²) in [6.07, 6.45) is 0. The smallest absolute Gasteiger partial charge is 0.336 e.